The molecular formula is C15H22O3. The summed E-state index contributed by atoms with van der Waals surface area (Å²) in [6, 6.07) is 4.11. The van der Waals surface area contributed by atoms with E-state index in [1.807, 2.05) is 33.8 Å². The van der Waals surface area contributed by atoms with Gasteiger partial charge in [0.25, 0.3) is 0 Å². The Balaban J connectivity index is 2.98. The van der Waals surface area contributed by atoms with Crippen LogP contribution in [0.2, 0.25) is 0 Å². The Hall–Kier alpha value is -1.51. The van der Waals surface area contributed by atoms with Crippen molar-refractivity contribution in [2.24, 2.45) is 5.41 Å². The van der Waals surface area contributed by atoms with E-state index >= 15 is 0 Å². The highest BCUT2D eigenvalue weighted by molar-refractivity contribution is 5.67. The first-order valence-corrected chi connectivity index (χ1v) is 6.11. The number of hydrogen-bond donors (Lipinski definition) is 1. The van der Waals surface area contributed by atoms with Crippen LogP contribution in [0.15, 0.2) is 12.1 Å². The molecule has 0 heterocycles. The highest BCUT2D eigenvalue weighted by Gasteiger charge is 2.23. The molecule has 0 amide bonds. The van der Waals surface area contributed by atoms with Gasteiger partial charge in [0.2, 0.25) is 0 Å². The largest absolute Gasteiger partial charge is 0.496 e. The number of benzene rings is 1. The summed E-state index contributed by atoms with van der Waals surface area (Å²) in [6.45, 7) is 8.01. The highest BCUT2D eigenvalue weighted by atomic mass is 16.5. The molecule has 0 atom stereocenters. The van der Waals surface area contributed by atoms with Gasteiger partial charge in [-0.2, -0.15) is 0 Å². The maximum absolute atomic E-state index is 10.8. The quantitative estimate of drug-likeness (QED) is 0.871. The molecule has 3 nitrogen and oxygen atoms in total. The van der Waals surface area contributed by atoms with Crippen molar-refractivity contribution < 1.29 is 14.6 Å². The number of methoxy groups -OCH3 is 1. The number of hydrogen-bond acceptors (Lipinski definition) is 2. The lowest BCUT2D eigenvalue weighted by atomic mass is 9.81. The van der Waals surface area contributed by atoms with Gasteiger partial charge in [0.15, 0.2) is 0 Å². The Bertz CT molecular complexity index is 447. The molecule has 1 rings (SSSR count). The lowest BCUT2D eigenvalue weighted by Gasteiger charge is -2.24. The molecule has 0 bridgehead atoms. The monoisotopic (exact) mass is 250 g/mol. The van der Waals surface area contributed by atoms with Gasteiger partial charge in [-0.15, -0.1) is 0 Å². The van der Waals surface area contributed by atoms with Crippen LogP contribution in [0.3, 0.4) is 0 Å². The first kappa shape index (κ1) is 14.6. The first-order valence-electron chi connectivity index (χ1n) is 6.11. The Morgan fingerprint density at radius 3 is 2.39 bits per heavy atom. The second-order valence-corrected chi connectivity index (χ2v) is 5.66. The molecule has 0 saturated carbocycles. The van der Waals surface area contributed by atoms with Gasteiger partial charge >= 0.3 is 5.97 Å². The molecular weight excluding hydrogens is 228 g/mol. The fourth-order valence-electron chi connectivity index (χ4n) is 2.25. The molecule has 0 aliphatic carbocycles. The molecule has 0 fully saturated rings. The van der Waals surface area contributed by atoms with Crippen LogP contribution in [0, 0.1) is 19.3 Å². The van der Waals surface area contributed by atoms with Crippen molar-refractivity contribution in [3.8, 4) is 5.75 Å². The van der Waals surface area contributed by atoms with Gasteiger partial charge in [-0.25, -0.2) is 0 Å². The van der Waals surface area contributed by atoms with E-state index < -0.39 is 5.97 Å². The van der Waals surface area contributed by atoms with Gasteiger partial charge in [0.05, 0.1) is 13.5 Å². The summed E-state index contributed by atoms with van der Waals surface area (Å²) in [4.78, 5) is 10.8. The second-order valence-electron chi connectivity index (χ2n) is 5.66. The molecule has 18 heavy (non-hydrogen) atoms. The molecule has 0 aliphatic heterocycles. The van der Waals surface area contributed by atoms with E-state index in [0.717, 1.165) is 23.3 Å². The first-order chi connectivity index (χ1) is 8.25. The van der Waals surface area contributed by atoms with Crippen LogP contribution in [0.5, 0.6) is 5.75 Å². The molecule has 100 valence electrons. The third kappa shape index (κ3) is 3.76. The number of aryl methyl sites for hydroxylation is 2. The maximum atomic E-state index is 10.8. The number of carboxylic acid groups (broad SMARTS) is 1. The summed E-state index contributed by atoms with van der Waals surface area (Å²) >= 11 is 0. The van der Waals surface area contributed by atoms with Crippen LogP contribution in [0.25, 0.3) is 0 Å². The van der Waals surface area contributed by atoms with Crippen LogP contribution in [-0.2, 0) is 11.2 Å². The Labute approximate surface area is 109 Å². The second kappa shape index (κ2) is 5.42. The standard InChI is InChI=1S/C15H22O3/c1-10-7-13(18-5)11(2)6-12(10)8-15(3,4)9-14(16)17/h6-7H,8-9H2,1-5H3,(H,16,17). The molecule has 0 spiro atoms. The van der Waals surface area contributed by atoms with Gasteiger partial charge in [0, 0.05) is 0 Å². The smallest absolute Gasteiger partial charge is 0.303 e. The summed E-state index contributed by atoms with van der Waals surface area (Å²) in [5.74, 6) is 0.134. The molecule has 1 aromatic rings. The SMILES string of the molecule is COc1cc(C)c(CC(C)(C)CC(=O)O)cc1C. The van der Waals surface area contributed by atoms with Crippen molar-refractivity contribution in [1.29, 1.82) is 0 Å². The zero-order valence-corrected chi connectivity index (χ0v) is 11.8. The van der Waals surface area contributed by atoms with E-state index in [2.05, 4.69) is 6.07 Å². The maximum Gasteiger partial charge on any atom is 0.303 e. The Morgan fingerprint density at radius 2 is 1.89 bits per heavy atom. The number of rotatable bonds is 5. The molecule has 0 aliphatic rings. The van der Waals surface area contributed by atoms with Gasteiger partial charge < -0.3 is 9.84 Å². The lowest BCUT2D eigenvalue weighted by Crippen LogP contribution is -2.20. The van der Waals surface area contributed by atoms with Gasteiger partial charge in [-0.3, -0.25) is 4.79 Å². The Morgan fingerprint density at radius 1 is 1.28 bits per heavy atom. The summed E-state index contributed by atoms with van der Waals surface area (Å²) in [5.41, 5.74) is 3.19. The molecule has 3 heteroatoms. The summed E-state index contributed by atoms with van der Waals surface area (Å²) in [7, 11) is 1.66. The van der Waals surface area contributed by atoms with Crippen molar-refractivity contribution in [1.82, 2.24) is 0 Å². The fourth-order valence-corrected chi connectivity index (χ4v) is 2.25. The van der Waals surface area contributed by atoms with E-state index in [0.29, 0.717) is 0 Å². The highest BCUT2D eigenvalue weighted by Crippen LogP contribution is 2.30. The minimum Gasteiger partial charge on any atom is -0.496 e. The van der Waals surface area contributed by atoms with Crippen molar-refractivity contribution in [2.45, 2.75) is 40.5 Å². The molecule has 0 radical (unpaired) electrons. The fraction of sp³-hybridized carbons (Fsp3) is 0.533. The van der Waals surface area contributed by atoms with Crippen molar-refractivity contribution in [3.05, 3.63) is 28.8 Å². The van der Waals surface area contributed by atoms with Crippen molar-refractivity contribution in [3.63, 3.8) is 0 Å². The van der Waals surface area contributed by atoms with E-state index in [1.54, 1.807) is 7.11 Å². The topological polar surface area (TPSA) is 46.5 Å². The van der Waals surface area contributed by atoms with Crippen LogP contribution in [0.1, 0.15) is 37.0 Å². The van der Waals surface area contributed by atoms with E-state index in [9.17, 15) is 4.79 Å². The molecule has 0 saturated heterocycles. The van der Waals surface area contributed by atoms with Crippen LogP contribution in [0.4, 0.5) is 0 Å². The predicted octanol–water partition coefficient (Wildman–Crippen LogP) is 3.36. The summed E-state index contributed by atoms with van der Waals surface area (Å²) < 4.78 is 5.28. The average Bonchev–Trinajstić information content (AvgIpc) is 2.20. The van der Waals surface area contributed by atoms with E-state index in [4.69, 9.17) is 9.84 Å². The van der Waals surface area contributed by atoms with E-state index in [-0.39, 0.29) is 11.8 Å². The van der Waals surface area contributed by atoms with Crippen LogP contribution in [-0.4, -0.2) is 18.2 Å². The molecule has 1 aromatic carbocycles. The van der Waals surface area contributed by atoms with Crippen LogP contribution < -0.4 is 4.74 Å². The van der Waals surface area contributed by atoms with Crippen molar-refractivity contribution in [2.75, 3.05) is 7.11 Å². The lowest BCUT2D eigenvalue weighted by molar-refractivity contribution is -0.139. The zero-order chi connectivity index (χ0) is 13.9. The minimum absolute atomic E-state index is 0.178. The van der Waals surface area contributed by atoms with E-state index in [1.165, 1.54) is 5.56 Å². The number of aliphatic carboxylic acids is 1. The van der Waals surface area contributed by atoms with Crippen LogP contribution >= 0.6 is 0 Å². The summed E-state index contributed by atoms with van der Waals surface area (Å²) in [5, 5.41) is 8.91. The van der Waals surface area contributed by atoms with Gasteiger partial charge in [0.1, 0.15) is 5.75 Å². The number of ether oxygens (including phenoxy) is 1. The van der Waals surface area contributed by atoms with Gasteiger partial charge in [-0.05, 0) is 48.4 Å². The molecule has 0 unspecified atom stereocenters. The molecule has 1 N–H and O–H groups in total. The predicted molar refractivity (Wildman–Crippen MR) is 72.2 cm³/mol. The van der Waals surface area contributed by atoms with Crippen molar-refractivity contribution >= 4 is 5.97 Å². The summed E-state index contributed by atoms with van der Waals surface area (Å²) in [6.07, 6.45) is 0.938. The molecule has 0 aromatic heterocycles. The Kier molecular flexibility index (Phi) is 4.38. The third-order valence-corrected chi connectivity index (χ3v) is 3.15. The number of carbonyl (C=O) groups is 1. The van der Waals surface area contributed by atoms with Gasteiger partial charge in [-0.1, -0.05) is 19.9 Å². The average molecular weight is 250 g/mol. The third-order valence-electron chi connectivity index (χ3n) is 3.15. The normalized spacial score (nSPS) is 11.4. The zero-order valence-electron chi connectivity index (χ0n) is 11.8. The number of carboxylic acids is 1. The minimum atomic E-state index is -0.747.